The molecule has 1 aromatic heterocycles. The van der Waals surface area contributed by atoms with E-state index in [4.69, 9.17) is 4.74 Å². The number of hydrogen-bond donors (Lipinski definition) is 2. The summed E-state index contributed by atoms with van der Waals surface area (Å²) in [5, 5.41) is 11.2. The van der Waals surface area contributed by atoms with Crippen LogP contribution in [0.25, 0.3) is 0 Å². The van der Waals surface area contributed by atoms with E-state index in [0.717, 1.165) is 49.1 Å². The second-order valence-electron chi connectivity index (χ2n) is 6.69. The normalized spacial score (nSPS) is 16.9. The van der Waals surface area contributed by atoms with Gasteiger partial charge < -0.3 is 15.4 Å². The molecule has 1 aromatic carbocycles. The molecule has 1 atom stereocenters. The highest BCUT2D eigenvalue weighted by molar-refractivity contribution is 5.80. The Morgan fingerprint density at radius 2 is 2.30 bits per heavy atom. The zero-order valence-corrected chi connectivity index (χ0v) is 16.1. The van der Waals surface area contributed by atoms with Gasteiger partial charge in [-0.2, -0.15) is 5.10 Å². The number of aliphatic imine (C=N–C) groups is 1. The van der Waals surface area contributed by atoms with E-state index in [1.165, 1.54) is 6.07 Å². The van der Waals surface area contributed by atoms with Crippen LogP contribution in [-0.4, -0.2) is 40.4 Å². The second-order valence-corrected chi connectivity index (χ2v) is 6.69. The molecule has 0 bridgehead atoms. The highest BCUT2D eigenvalue weighted by atomic mass is 19.1. The smallest absolute Gasteiger partial charge is 0.191 e. The van der Waals surface area contributed by atoms with E-state index in [2.05, 4.69) is 25.7 Å². The summed E-state index contributed by atoms with van der Waals surface area (Å²) < 4.78 is 20.8. The minimum atomic E-state index is -0.254. The Bertz CT molecular complexity index is 803. The van der Waals surface area contributed by atoms with E-state index in [1.54, 1.807) is 19.2 Å². The maximum absolute atomic E-state index is 13.8. The van der Waals surface area contributed by atoms with Gasteiger partial charge in [0.15, 0.2) is 5.96 Å². The fraction of sp³-hybridized carbons (Fsp3) is 0.526. The van der Waals surface area contributed by atoms with Gasteiger partial charge in [0.05, 0.1) is 19.7 Å². The van der Waals surface area contributed by atoms with Gasteiger partial charge in [0, 0.05) is 31.7 Å². The van der Waals surface area contributed by atoms with Crippen LogP contribution in [0.15, 0.2) is 23.2 Å². The monoisotopic (exact) mass is 374 g/mol. The average Bonchev–Trinajstić information content (AvgIpc) is 3.02. The first kappa shape index (κ1) is 19.3. The number of methoxy groups -OCH3 is 1. The molecule has 1 unspecified atom stereocenters. The van der Waals surface area contributed by atoms with Gasteiger partial charge in [-0.3, -0.25) is 0 Å². The van der Waals surface area contributed by atoms with Crippen LogP contribution in [0.5, 0.6) is 0 Å². The van der Waals surface area contributed by atoms with Crippen molar-refractivity contribution in [3.63, 3.8) is 0 Å². The molecule has 0 amide bonds. The molecule has 146 valence electrons. The number of hydrogen-bond acceptors (Lipinski definition) is 4. The van der Waals surface area contributed by atoms with E-state index >= 15 is 0 Å². The van der Waals surface area contributed by atoms with Crippen molar-refractivity contribution in [2.45, 2.75) is 52.4 Å². The van der Waals surface area contributed by atoms with Crippen LogP contribution >= 0.6 is 0 Å². The number of ether oxygens (including phenoxy) is 1. The first-order valence-electron chi connectivity index (χ1n) is 9.30. The lowest BCUT2D eigenvalue weighted by molar-refractivity contribution is 0.181. The molecular weight excluding hydrogens is 347 g/mol. The Balaban J connectivity index is 1.66. The van der Waals surface area contributed by atoms with Gasteiger partial charge in [-0.25, -0.2) is 19.0 Å². The summed E-state index contributed by atoms with van der Waals surface area (Å²) in [6, 6.07) is 5.27. The Kier molecular flexibility index (Phi) is 6.39. The summed E-state index contributed by atoms with van der Waals surface area (Å²) in [6.45, 7) is 6.21. The van der Waals surface area contributed by atoms with E-state index in [-0.39, 0.29) is 18.5 Å². The lowest BCUT2D eigenvalue weighted by Gasteiger charge is -2.25. The molecular formula is C19H27FN6O. The number of fused-ring (bicyclic) bond motifs is 1. The summed E-state index contributed by atoms with van der Waals surface area (Å²) in [5.74, 6) is 2.36. The van der Waals surface area contributed by atoms with Crippen LogP contribution in [0.4, 0.5) is 4.39 Å². The van der Waals surface area contributed by atoms with Gasteiger partial charge in [-0.05, 0) is 38.0 Å². The zero-order valence-electron chi connectivity index (χ0n) is 16.1. The van der Waals surface area contributed by atoms with E-state index < -0.39 is 0 Å². The molecule has 3 rings (SSSR count). The number of benzene rings is 1. The highest BCUT2D eigenvalue weighted by Crippen LogP contribution is 2.14. The molecule has 1 aliphatic heterocycles. The molecule has 7 nitrogen and oxygen atoms in total. The van der Waals surface area contributed by atoms with E-state index in [1.807, 2.05) is 18.5 Å². The number of nitrogens with one attached hydrogen (secondary N) is 2. The molecule has 0 saturated heterocycles. The number of rotatable bonds is 6. The summed E-state index contributed by atoms with van der Waals surface area (Å²) in [4.78, 5) is 9.10. The molecule has 0 spiro atoms. The van der Waals surface area contributed by atoms with Gasteiger partial charge in [-0.1, -0.05) is 6.07 Å². The van der Waals surface area contributed by atoms with Crippen molar-refractivity contribution < 1.29 is 9.13 Å². The maximum atomic E-state index is 13.8. The number of aromatic nitrogens is 3. The van der Waals surface area contributed by atoms with Gasteiger partial charge in [-0.15, -0.1) is 0 Å². The number of guanidine groups is 1. The van der Waals surface area contributed by atoms with Crippen LogP contribution in [-0.2, 0) is 30.9 Å². The molecule has 27 heavy (non-hydrogen) atoms. The topological polar surface area (TPSA) is 76.4 Å². The van der Waals surface area contributed by atoms with E-state index in [0.29, 0.717) is 12.1 Å². The Morgan fingerprint density at radius 3 is 3.07 bits per heavy atom. The predicted molar refractivity (Wildman–Crippen MR) is 102 cm³/mol. The number of nitrogens with zero attached hydrogens (tertiary/aromatic N) is 4. The predicted octanol–water partition coefficient (Wildman–Crippen LogP) is 1.94. The van der Waals surface area contributed by atoms with Crippen LogP contribution < -0.4 is 10.6 Å². The fourth-order valence-corrected chi connectivity index (χ4v) is 3.23. The molecule has 0 radical (unpaired) electrons. The van der Waals surface area contributed by atoms with Crippen molar-refractivity contribution in [3.05, 3.63) is 46.8 Å². The first-order chi connectivity index (χ1) is 13.1. The second kappa shape index (κ2) is 8.94. The summed E-state index contributed by atoms with van der Waals surface area (Å²) in [6.07, 6.45) is 1.88. The SMILES string of the molecule is CCNC(=NCc1ccc(F)c(COC)c1)NC1CCc2nc(C)nn2C1. The van der Waals surface area contributed by atoms with Crippen molar-refractivity contribution in [1.29, 1.82) is 0 Å². The van der Waals surface area contributed by atoms with Gasteiger partial charge in [0.1, 0.15) is 17.5 Å². The van der Waals surface area contributed by atoms with Gasteiger partial charge in [0.25, 0.3) is 0 Å². The fourth-order valence-electron chi connectivity index (χ4n) is 3.23. The molecule has 0 aliphatic carbocycles. The van der Waals surface area contributed by atoms with Crippen LogP contribution in [0, 0.1) is 12.7 Å². The molecule has 0 fully saturated rings. The summed E-state index contributed by atoms with van der Waals surface area (Å²) in [5.41, 5.74) is 1.49. The molecule has 1 aliphatic rings. The molecule has 8 heteroatoms. The molecule has 2 N–H and O–H groups in total. The lowest BCUT2D eigenvalue weighted by Crippen LogP contribution is -2.47. The molecule has 2 heterocycles. The third-order valence-corrected chi connectivity index (χ3v) is 4.48. The van der Waals surface area contributed by atoms with E-state index in [9.17, 15) is 4.39 Å². The maximum Gasteiger partial charge on any atom is 0.191 e. The van der Waals surface area contributed by atoms with Crippen molar-refractivity contribution in [1.82, 2.24) is 25.4 Å². The Labute approximate surface area is 159 Å². The van der Waals surface area contributed by atoms with Crippen LogP contribution in [0.2, 0.25) is 0 Å². The third-order valence-electron chi connectivity index (χ3n) is 4.48. The quantitative estimate of drug-likeness (QED) is 0.597. The largest absolute Gasteiger partial charge is 0.380 e. The first-order valence-corrected chi connectivity index (χ1v) is 9.30. The van der Waals surface area contributed by atoms with Crippen molar-refractivity contribution >= 4 is 5.96 Å². The zero-order chi connectivity index (χ0) is 19.2. The third kappa shape index (κ3) is 5.03. The molecule has 2 aromatic rings. The minimum absolute atomic E-state index is 0.244. The minimum Gasteiger partial charge on any atom is -0.380 e. The van der Waals surface area contributed by atoms with Gasteiger partial charge >= 0.3 is 0 Å². The van der Waals surface area contributed by atoms with Crippen molar-refractivity contribution in [3.8, 4) is 0 Å². The summed E-state index contributed by atoms with van der Waals surface area (Å²) >= 11 is 0. The molecule has 0 saturated carbocycles. The average molecular weight is 374 g/mol. The Hall–Kier alpha value is -2.48. The number of halogens is 1. The summed E-state index contributed by atoms with van der Waals surface area (Å²) in [7, 11) is 1.56. The highest BCUT2D eigenvalue weighted by Gasteiger charge is 2.21. The van der Waals surface area contributed by atoms with Crippen molar-refractivity contribution in [2.75, 3.05) is 13.7 Å². The lowest BCUT2D eigenvalue weighted by atomic mass is 10.1. The van der Waals surface area contributed by atoms with Crippen molar-refractivity contribution in [2.24, 2.45) is 4.99 Å². The standard InChI is InChI=1S/C19H27FN6O/c1-4-21-19(22-10-14-5-7-17(20)15(9-14)12-27-3)24-16-6-8-18-23-13(2)25-26(18)11-16/h5,7,9,16H,4,6,8,10-12H2,1-3H3,(H2,21,22,24). The van der Waals surface area contributed by atoms with Gasteiger partial charge in [0.2, 0.25) is 0 Å². The number of aryl methyl sites for hydroxylation is 2. The Morgan fingerprint density at radius 1 is 1.44 bits per heavy atom. The van der Waals surface area contributed by atoms with Crippen LogP contribution in [0.3, 0.4) is 0 Å². The van der Waals surface area contributed by atoms with Crippen LogP contribution in [0.1, 0.15) is 36.1 Å².